The highest BCUT2D eigenvalue weighted by Crippen LogP contribution is 2.21. The largest absolute Gasteiger partial charge is 0.348 e. The van der Waals surface area contributed by atoms with Gasteiger partial charge in [-0.2, -0.15) is 0 Å². The van der Waals surface area contributed by atoms with Gasteiger partial charge in [0.05, 0.1) is 17.4 Å². The molecule has 1 heterocycles. The lowest BCUT2D eigenvalue weighted by Gasteiger charge is -2.11. The van der Waals surface area contributed by atoms with Gasteiger partial charge in [0.25, 0.3) is 5.91 Å². The molecule has 124 valence electrons. The lowest BCUT2D eigenvalue weighted by atomic mass is 10.1. The number of hydrogen-bond acceptors (Lipinski definition) is 2. The Hall–Kier alpha value is -2.69. The summed E-state index contributed by atoms with van der Waals surface area (Å²) < 4.78 is 15.2. The predicted octanol–water partition coefficient (Wildman–Crippen LogP) is 3.84. The third-order valence-corrected chi connectivity index (χ3v) is 4.28. The molecule has 1 atom stereocenters. The quantitative estimate of drug-likeness (QED) is 0.792. The molecular weight excluding hydrogens is 305 g/mol. The number of alkyl halides is 1. The molecule has 3 aromatic rings. The van der Waals surface area contributed by atoms with Crippen molar-refractivity contribution in [1.82, 2.24) is 14.9 Å². The number of nitrogens with zero attached hydrogens (tertiary/aromatic N) is 2. The van der Waals surface area contributed by atoms with Gasteiger partial charge in [-0.15, -0.1) is 0 Å². The van der Waals surface area contributed by atoms with Gasteiger partial charge in [0.15, 0.2) is 0 Å². The molecule has 1 amide bonds. The second-order valence-corrected chi connectivity index (χ2v) is 6.00. The van der Waals surface area contributed by atoms with Crippen molar-refractivity contribution in [3.63, 3.8) is 0 Å². The van der Waals surface area contributed by atoms with Gasteiger partial charge in [0.1, 0.15) is 6.17 Å². The van der Waals surface area contributed by atoms with Gasteiger partial charge in [0, 0.05) is 24.7 Å². The Morgan fingerprint density at radius 1 is 1.25 bits per heavy atom. The molecule has 0 spiro atoms. The molecule has 1 N–H and O–H groups in total. The molecule has 0 aliphatic heterocycles. The van der Waals surface area contributed by atoms with Gasteiger partial charge in [0.2, 0.25) is 0 Å². The van der Waals surface area contributed by atoms with Crippen LogP contribution in [-0.4, -0.2) is 15.5 Å². The maximum absolute atomic E-state index is 13.2. The molecule has 2 aromatic carbocycles. The SMILES string of the molecule is Cc1ccc2ncn(C)c2c1CNC(=O)c1ccc(C(C)F)cc1. The molecule has 1 unspecified atom stereocenters. The number of nitrogens with one attached hydrogen (secondary N) is 1. The standard InChI is InChI=1S/C19H20FN3O/c1-12-4-9-17-18(23(3)11-22-17)16(12)10-21-19(24)15-7-5-14(6-8-15)13(2)20/h4-9,11,13H,10H2,1-3H3,(H,21,24). The van der Waals surface area contributed by atoms with Crippen LogP contribution in [0.3, 0.4) is 0 Å². The molecule has 3 rings (SSSR count). The van der Waals surface area contributed by atoms with E-state index in [1.54, 1.807) is 30.6 Å². The number of carbonyl (C=O) groups is 1. The Bertz CT molecular complexity index is 882. The molecule has 0 saturated heterocycles. The van der Waals surface area contributed by atoms with Crippen molar-refractivity contribution in [2.24, 2.45) is 7.05 Å². The first-order chi connectivity index (χ1) is 11.5. The average molecular weight is 325 g/mol. The number of imidazole rings is 1. The molecule has 0 fully saturated rings. The second kappa shape index (κ2) is 6.43. The Morgan fingerprint density at radius 3 is 2.62 bits per heavy atom. The third kappa shape index (κ3) is 3.02. The van der Waals surface area contributed by atoms with Crippen molar-refractivity contribution in [3.8, 4) is 0 Å². The van der Waals surface area contributed by atoms with Gasteiger partial charge < -0.3 is 9.88 Å². The first-order valence-electron chi connectivity index (χ1n) is 7.89. The Kier molecular flexibility index (Phi) is 4.34. The summed E-state index contributed by atoms with van der Waals surface area (Å²) in [6, 6.07) is 10.6. The van der Waals surface area contributed by atoms with E-state index in [9.17, 15) is 9.18 Å². The van der Waals surface area contributed by atoms with Crippen LogP contribution in [0.25, 0.3) is 11.0 Å². The van der Waals surface area contributed by atoms with E-state index in [0.717, 1.165) is 22.2 Å². The molecule has 5 heteroatoms. The molecule has 0 saturated carbocycles. The number of rotatable bonds is 4. The maximum Gasteiger partial charge on any atom is 0.251 e. The van der Waals surface area contributed by atoms with Crippen molar-refractivity contribution in [2.75, 3.05) is 0 Å². The summed E-state index contributed by atoms with van der Waals surface area (Å²) in [6.45, 7) is 3.92. The minimum atomic E-state index is -1.03. The van der Waals surface area contributed by atoms with Crippen LogP contribution in [0.15, 0.2) is 42.7 Å². The second-order valence-electron chi connectivity index (χ2n) is 6.00. The number of amides is 1. The minimum Gasteiger partial charge on any atom is -0.348 e. The van der Waals surface area contributed by atoms with Crippen LogP contribution in [0, 0.1) is 6.92 Å². The zero-order valence-corrected chi connectivity index (χ0v) is 14.0. The van der Waals surface area contributed by atoms with Crippen LogP contribution >= 0.6 is 0 Å². The fourth-order valence-corrected chi connectivity index (χ4v) is 2.82. The fourth-order valence-electron chi connectivity index (χ4n) is 2.82. The zero-order chi connectivity index (χ0) is 17.3. The highest BCUT2D eigenvalue weighted by atomic mass is 19.1. The van der Waals surface area contributed by atoms with Crippen molar-refractivity contribution in [1.29, 1.82) is 0 Å². The zero-order valence-electron chi connectivity index (χ0n) is 14.0. The molecule has 0 radical (unpaired) electrons. The summed E-state index contributed by atoms with van der Waals surface area (Å²) >= 11 is 0. The summed E-state index contributed by atoms with van der Waals surface area (Å²) in [5, 5.41) is 2.94. The molecule has 4 nitrogen and oxygen atoms in total. The molecule has 0 aliphatic rings. The number of hydrogen-bond donors (Lipinski definition) is 1. The van der Waals surface area contributed by atoms with E-state index in [1.807, 2.05) is 30.7 Å². The van der Waals surface area contributed by atoms with Gasteiger partial charge in [-0.25, -0.2) is 9.37 Å². The summed E-state index contributed by atoms with van der Waals surface area (Å²) in [7, 11) is 1.94. The van der Waals surface area contributed by atoms with E-state index in [0.29, 0.717) is 17.7 Å². The topological polar surface area (TPSA) is 46.9 Å². The fraction of sp³-hybridized carbons (Fsp3) is 0.263. The third-order valence-electron chi connectivity index (χ3n) is 4.28. The van der Waals surface area contributed by atoms with Crippen molar-refractivity contribution in [2.45, 2.75) is 26.6 Å². The van der Waals surface area contributed by atoms with Gasteiger partial charge in [-0.3, -0.25) is 4.79 Å². The average Bonchev–Trinajstić information content (AvgIpc) is 2.95. The summed E-state index contributed by atoms with van der Waals surface area (Å²) in [4.78, 5) is 16.7. The van der Waals surface area contributed by atoms with Crippen LogP contribution in [0.1, 0.15) is 40.1 Å². The molecule has 0 aliphatic carbocycles. The molecular formula is C19H20FN3O. The monoisotopic (exact) mass is 325 g/mol. The van der Waals surface area contributed by atoms with E-state index >= 15 is 0 Å². The summed E-state index contributed by atoms with van der Waals surface area (Å²) in [6.07, 6.45) is 0.735. The number of carbonyl (C=O) groups excluding carboxylic acids is 1. The molecule has 1 aromatic heterocycles. The van der Waals surface area contributed by atoms with Crippen molar-refractivity contribution in [3.05, 3.63) is 65.0 Å². The van der Waals surface area contributed by atoms with Crippen LogP contribution < -0.4 is 5.32 Å². The summed E-state index contributed by atoms with van der Waals surface area (Å²) in [5.74, 6) is -0.174. The van der Waals surface area contributed by atoms with Crippen LogP contribution in [0.5, 0.6) is 0 Å². The van der Waals surface area contributed by atoms with Crippen molar-refractivity contribution < 1.29 is 9.18 Å². The maximum atomic E-state index is 13.2. The van der Waals surface area contributed by atoms with Crippen LogP contribution in [-0.2, 0) is 13.6 Å². The van der Waals surface area contributed by atoms with E-state index < -0.39 is 6.17 Å². The minimum absolute atomic E-state index is 0.174. The number of halogens is 1. The van der Waals surface area contributed by atoms with Crippen molar-refractivity contribution >= 4 is 16.9 Å². The van der Waals surface area contributed by atoms with E-state index in [1.165, 1.54) is 6.92 Å². The number of aromatic nitrogens is 2. The normalized spacial score (nSPS) is 12.3. The highest BCUT2D eigenvalue weighted by molar-refractivity contribution is 5.94. The molecule has 24 heavy (non-hydrogen) atoms. The molecule has 0 bridgehead atoms. The first-order valence-corrected chi connectivity index (χ1v) is 7.89. The summed E-state index contributed by atoms with van der Waals surface area (Å²) in [5.41, 5.74) is 5.18. The Labute approximate surface area is 140 Å². The lowest BCUT2D eigenvalue weighted by molar-refractivity contribution is 0.0951. The van der Waals surface area contributed by atoms with E-state index in [-0.39, 0.29) is 5.91 Å². The number of benzene rings is 2. The Balaban J connectivity index is 1.79. The Morgan fingerprint density at radius 2 is 1.96 bits per heavy atom. The number of aryl methyl sites for hydroxylation is 2. The van der Waals surface area contributed by atoms with Crippen LogP contribution in [0.4, 0.5) is 4.39 Å². The van der Waals surface area contributed by atoms with E-state index in [4.69, 9.17) is 0 Å². The smallest absolute Gasteiger partial charge is 0.251 e. The highest BCUT2D eigenvalue weighted by Gasteiger charge is 2.12. The number of fused-ring (bicyclic) bond motifs is 1. The van der Waals surface area contributed by atoms with Gasteiger partial charge in [-0.05, 0) is 43.2 Å². The first kappa shape index (κ1) is 16.2. The van der Waals surface area contributed by atoms with E-state index in [2.05, 4.69) is 10.3 Å². The lowest BCUT2D eigenvalue weighted by Crippen LogP contribution is -2.23. The predicted molar refractivity (Wildman–Crippen MR) is 92.6 cm³/mol. The van der Waals surface area contributed by atoms with Gasteiger partial charge in [-0.1, -0.05) is 18.2 Å². The van der Waals surface area contributed by atoms with Gasteiger partial charge >= 0.3 is 0 Å². The van der Waals surface area contributed by atoms with Crippen LogP contribution in [0.2, 0.25) is 0 Å².